The molecule has 0 bridgehead atoms. The number of halogens is 1. The van der Waals surface area contributed by atoms with Gasteiger partial charge in [-0.25, -0.2) is 4.39 Å². The fourth-order valence-electron chi connectivity index (χ4n) is 2.27. The van der Waals surface area contributed by atoms with Crippen molar-refractivity contribution < 1.29 is 9.13 Å². The van der Waals surface area contributed by atoms with Crippen molar-refractivity contribution in [2.24, 2.45) is 0 Å². The van der Waals surface area contributed by atoms with E-state index < -0.39 is 0 Å². The van der Waals surface area contributed by atoms with Crippen LogP contribution in [0.4, 0.5) is 4.39 Å². The van der Waals surface area contributed by atoms with Crippen molar-refractivity contribution in [2.75, 3.05) is 13.2 Å². The van der Waals surface area contributed by atoms with E-state index in [1.54, 1.807) is 0 Å². The molecule has 1 aromatic rings. The van der Waals surface area contributed by atoms with Gasteiger partial charge in [0.05, 0.1) is 0 Å². The molecule has 1 fully saturated rings. The van der Waals surface area contributed by atoms with Crippen molar-refractivity contribution in [3.8, 4) is 0 Å². The van der Waals surface area contributed by atoms with Crippen LogP contribution in [0.3, 0.4) is 0 Å². The van der Waals surface area contributed by atoms with Crippen LogP contribution in [0.5, 0.6) is 0 Å². The average Bonchev–Trinajstić information content (AvgIpc) is 2.58. The number of hydrogen-bond acceptors (Lipinski definition) is 2. The van der Waals surface area contributed by atoms with Crippen molar-refractivity contribution in [2.45, 2.75) is 38.3 Å². The Kier molecular flexibility index (Phi) is 4.51. The highest BCUT2D eigenvalue weighted by Gasteiger charge is 2.15. The molecule has 0 radical (unpaired) electrons. The van der Waals surface area contributed by atoms with Gasteiger partial charge in [0.2, 0.25) is 0 Å². The molecule has 2 atom stereocenters. The standard InChI is InChI=1S/C14H20FNO/c1-11(12-4-6-13(15)7-5-12)16-14-3-2-9-17-10-8-14/h4-7,11,14,16H,2-3,8-10H2,1H3/t11-,14?/m1/s1. The summed E-state index contributed by atoms with van der Waals surface area (Å²) in [5.74, 6) is -0.177. The van der Waals surface area contributed by atoms with Crippen LogP contribution < -0.4 is 5.32 Å². The highest BCUT2D eigenvalue weighted by molar-refractivity contribution is 5.19. The van der Waals surface area contributed by atoms with Gasteiger partial charge in [0.1, 0.15) is 5.82 Å². The molecule has 2 nitrogen and oxygen atoms in total. The maximum absolute atomic E-state index is 12.8. The summed E-state index contributed by atoms with van der Waals surface area (Å²) in [5.41, 5.74) is 1.14. The van der Waals surface area contributed by atoms with Gasteiger partial charge < -0.3 is 10.1 Å². The van der Waals surface area contributed by atoms with Crippen molar-refractivity contribution >= 4 is 0 Å². The molecule has 1 saturated heterocycles. The summed E-state index contributed by atoms with van der Waals surface area (Å²) in [6.07, 6.45) is 3.34. The van der Waals surface area contributed by atoms with E-state index in [4.69, 9.17) is 4.74 Å². The van der Waals surface area contributed by atoms with Crippen LogP contribution in [0.15, 0.2) is 24.3 Å². The number of rotatable bonds is 3. The van der Waals surface area contributed by atoms with Gasteiger partial charge in [-0.3, -0.25) is 0 Å². The monoisotopic (exact) mass is 237 g/mol. The highest BCUT2D eigenvalue weighted by atomic mass is 19.1. The topological polar surface area (TPSA) is 21.3 Å². The zero-order valence-corrected chi connectivity index (χ0v) is 10.3. The summed E-state index contributed by atoms with van der Waals surface area (Å²) in [4.78, 5) is 0. The largest absolute Gasteiger partial charge is 0.381 e. The lowest BCUT2D eigenvalue weighted by Gasteiger charge is -2.22. The Labute approximate surface area is 102 Å². The zero-order valence-electron chi connectivity index (χ0n) is 10.3. The third kappa shape index (κ3) is 3.79. The van der Waals surface area contributed by atoms with Crippen molar-refractivity contribution in [3.05, 3.63) is 35.6 Å². The molecule has 94 valence electrons. The molecular formula is C14H20FNO. The zero-order chi connectivity index (χ0) is 12.1. The lowest BCUT2D eigenvalue weighted by Crippen LogP contribution is -2.31. The van der Waals surface area contributed by atoms with Crippen LogP contribution in [0, 0.1) is 5.82 Å². The van der Waals surface area contributed by atoms with Gasteiger partial charge in [-0.15, -0.1) is 0 Å². The first-order valence-electron chi connectivity index (χ1n) is 6.35. The van der Waals surface area contributed by atoms with E-state index in [9.17, 15) is 4.39 Å². The smallest absolute Gasteiger partial charge is 0.123 e. The Balaban J connectivity index is 1.91. The van der Waals surface area contributed by atoms with Gasteiger partial charge in [0.25, 0.3) is 0 Å². The third-order valence-electron chi connectivity index (χ3n) is 3.31. The fourth-order valence-corrected chi connectivity index (χ4v) is 2.27. The Bertz CT molecular complexity index is 331. The molecule has 0 aromatic heterocycles. The van der Waals surface area contributed by atoms with E-state index in [0.29, 0.717) is 6.04 Å². The summed E-state index contributed by atoms with van der Waals surface area (Å²) in [7, 11) is 0. The summed E-state index contributed by atoms with van der Waals surface area (Å²) < 4.78 is 18.3. The first-order valence-corrected chi connectivity index (χ1v) is 6.35. The van der Waals surface area contributed by atoms with Gasteiger partial charge in [0, 0.05) is 25.3 Å². The fraction of sp³-hybridized carbons (Fsp3) is 0.571. The van der Waals surface area contributed by atoms with E-state index >= 15 is 0 Å². The average molecular weight is 237 g/mol. The van der Waals surface area contributed by atoms with Gasteiger partial charge in [-0.2, -0.15) is 0 Å². The molecule has 2 rings (SSSR count). The molecule has 0 spiro atoms. The predicted molar refractivity (Wildman–Crippen MR) is 66.4 cm³/mol. The first kappa shape index (κ1) is 12.5. The molecule has 3 heteroatoms. The van der Waals surface area contributed by atoms with Gasteiger partial charge in [-0.05, 0) is 43.9 Å². The maximum atomic E-state index is 12.8. The van der Waals surface area contributed by atoms with Crippen LogP contribution in [-0.2, 0) is 4.74 Å². The summed E-state index contributed by atoms with van der Waals surface area (Å²) in [6.45, 7) is 3.84. The van der Waals surface area contributed by atoms with Crippen LogP contribution in [0.25, 0.3) is 0 Å². The second-order valence-electron chi connectivity index (χ2n) is 4.68. The van der Waals surface area contributed by atoms with Crippen LogP contribution in [-0.4, -0.2) is 19.3 Å². The Morgan fingerprint density at radius 2 is 2.00 bits per heavy atom. The molecule has 1 aliphatic heterocycles. The minimum Gasteiger partial charge on any atom is -0.381 e. The lowest BCUT2D eigenvalue weighted by molar-refractivity contribution is 0.142. The summed E-state index contributed by atoms with van der Waals surface area (Å²) >= 11 is 0. The number of ether oxygens (including phenoxy) is 1. The molecule has 0 aliphatic carbocycles. The third-order valence-corrected chi connectivity index (χ3v) is 3.31. The number of benzene rings is 1. The molecule has 0 amide bonds. The van der Waals surface area contributed by atoms with Crippen LogP contribution in [0.1, 0.15) is 37.8 Å². The van der Waals surface area contributed by atoms with Gasteiger partial charge in [-0.1, -0.05) is 12.1 Å². The summed E-state index contributed by atoms with van der Waals surface area (Å²) in [6, 6.07) is 7.50. The molecule has 1 N–H and O–H groups in total. The normalized spacial score (nSPS) is 23.1. The van der Waals surface area contributed by atoms with Crippen LogP contribution in [0.2, 0.25) is 0 Å². The first-order chi connectivity index (χ1) is 8.25. The molecule has 17 heavy (non-hydrogen) atoms. The Hall–Kier alpha value is -0.930. The van der Waals surface area contributed by atoms with Crippen molar-refractivity contribution in [1.82, 2.24) is 5.32 Å². The SMILES string of the molecule is C[C@@H](NC1CCCOCC1)c1ccc(F)cc1. The van der Waals surface area contributed by atoms with E-state index in [1.165, 1.54) is 12.1 Å². The van der Waals surface area contributed by atoms with E-state index in [0.717, 1.165) is 38.0 Å². The molecular weight excluding hydrogens is 217 g/mol. The molecule has 1 aliphatic rings. The highest BCUT2D eigenvalue weighted by Crippen LogP contribution is 2.17. The lowest BCUT2D eigenvalue weighted by atomic mass is 10.0. The minimum absolute atomic E-state index is 0.177. The molecule has 1 aromatic carbocycles. The quantitative estimate of drug-likeness (QED) is 0.872. The van der Waals surface area contributed by atoms with E-state index in [2.05, 4.69) is 12.2 Å². The predicted octanol–water partition coefficient (Wildman–Crippen LogP) is 3.05. The second kappa shape index (κ2) is 6.12. The van der Waals surface area contributed by atoms with Gasteiger partial charge >= 0.3 is 0 Å². The van der Waals surface area contributed by atoms with E-state index in [1.807, 2.05) is 12.1 Å². The molecule has 1 heterocycles. The van der Waals surface area contributed by atoms with Gasteiger partial charge in [0.15, 0.2) is 0 Å². The Morgan fingerprint density at radius 1 is 1.24 bits per heavy atom. The number of nitrogens with one attached hydrogen (secondary N) is 1. The number of hydrogen-bond donors (Lipinski definition) is 1. The Morgan fingerprint density at radius 3 is 2.76 bits per heavy atom. The minimum atomic E-state index is -0.177. The second-order valence-corrected chi connectivity index (χ2v) is 4.68. The van der Waals surface area contributed by atoms with E-state index in [-0.39, 0.29) is 11.9 Å². The van der Waals surface area contributed by atoms with Crippen molar-refractivity contribution in [3.63, 3.8) is 0 Å². The van der Waals surface area contributed by atoms with Crippen LogP contribution >= 0.6 is 0 Å². The summed E-state index contributed by atoms with van der Waals surface area (Å²) in [5, 5.41) is 3.59. The molecule has 1 unspecified atom stereocenters. The van der Waals surface area contributed by atoms with Crippen molar-refractivity contribution in [1.29, 1.82) is 0 Å². The maximum Gasteiger partial charge on any atom is 0.123 e. The molecule has 0 saturated carbocycles.